The van der Waals surface area contributed by atoms with Crippen molar-refractivity contribution in [2.75, 3.05) is 19.0 Å². The number of carbonyl (C=O) groups is 1. The van der Waals surface area contributed by atoms with Gasteiger partial charge in [-0.05, 0) is 23.8 Å². The Bertz CT molecular complexity index is 1320. The number of amides is 2. The molecule has 3 aromatic rings. The first-order valence-electron chi connectivity index (χ1n) is 9.33. The van der Waals surface area contributed by atoms with Gasteiger partial charge in [0.15, 0.2) is 9.92 Å². The maximum atomic E-state index is 14.2. The van der Waals surface area contributed by atoms with Crippen molar-refractivity contribution < 1.29 is 22.9 Å². The summed E-state index contributed by atoms with van der Waals surface area (Å²) in [5, 5.41) is 12.0. The van der Waals surface area contributed by atoms with E-state index >= 15 is 0 Å². The number of ether oxygens (including phenoxy) is 2. The third kappa shape index (κ3) is 4.24. The number of nitrogens with two attached hydrogens (primary N) is 1. The summed E-state index contributed by atoms with van der Waals surface area (Å²) in [6, 6.07) is 4.70. The highest BCUT2D eigenvalue weighted by Gasteiger charge is 2.24. The van der Waals surface area contributed by atoms with E-state index in [-0.39, 0.29) is 21.5 Å². The highest BCUT2D eigenvalue weighted by molar-refractivity contribution is 7.91. The first-order chi connectivity index (χ1) is 15.3. The van der Waals surface area contributed by atoms with Gasteiger partial charge in [-0.2, -0.15) is 5.10 Å². The van der Waals surface area contributed by atoms with Crippen molar-refractivity contribution in [3.8, 4) is 22.9 Å². The van der Waals surface area contributed by atoms with Crippen LogP contribution in [0.15, 0.2) is 45.9 Å². The highest BCUT2D eigenvalue weighted by Crippen LogP contribution is 2.37. The molecule has 32 heavy (non-hydrogen) atoms. The number of carbonyl (C=O) groups excluding carboxylic acids is 1. The second-order valence-corrected chi connectivity index (χ2v) is 8.84. The molecule has 1 aliphatic rings. The summed E-state index contributed by atoms with van der Waals surface area (Å²) < 4.78 is 42.8. The highest BCUT2D eigenvalue weighted by atomic mass is 35.5. The Morgan fingerprint density at radius 3 is 3.03 bits per heavy atom. The maximum absolute atomic E-state index is 14.2. The Hall–Kier alpha value is -3.22. The Balaban J connectivity index is 1.71. The number of aromatic nitrogens is 3. The van der Waals surface area contributed by atoms with Gasteiger partial charge < -0.3 is 14.8 Å². The summed E-state index contributed by atoms with van der Waals surface area (Å²) in [6.07, 6.45) is 3.47. The molecule has 0 fully saturated rings. The monoisotopic (exact) mass is 480 g/mol. The first-order valence-corrected chi connectivity index (χ1v) is 11.3. The largest absolute Gasteiger partial charge is 0.481 e. The van der Waals surface area contributed by atoms with Crippen molar-refractivity contribution in [2.24, 2.45) is 9.50 Å². The number of methoxy groups -OCH3 is 1. The number of nitrogens with zero attached hydrogens (tertiary/aromatic N) is 4. The molecule has 1 aromatic carbocycles. The molecule has 0 bridgehead atoms. The SMILES string of the molecule is COc1cc(-c2ccc(F)c(Cl)c2NC(=O)N=[S@](N)(=O)c2cnn3c2OCCC3)ccn1. The van der Waals surface area contributed by atoms with E-state index < -0.39 is 21.8 Å². The van der Waals surface area contributed by atoms with Crippen LogP contribution in [0.2, 0.25) is 5.02 Å². The number of urea groups is 1. The Morgan fingerprint density at radius 2 is 2.25 bits per heavy atom. The summed E-state index contributed by atoms with van der Waals surface area (Å²) in [5.41, 5.74) is 0.842. The number of anilines is 1. The number of rotatable bonds is 4. The molecule has 1 aliphatic heterocycles. The van der Waals surface area contributed by atoms with E-state index in [1.165, 1.54) is 30.3 Å². The Labute approximate surface area is 187 Å². The average Bonchev–Trinajstić information content (AvgIpc) is 3.22. The van der Waals surface area contributed by atoms with E-state index in [4.69, 9.17) is 26.2 Å². The molecule has 3 N–H and O–H groups in total. The standard InChI is InChI=1S/C19H18ClFN6O4S/c1-30-15-9-11(5-6-23-15)12-3-4-13(21)16(20)17(12)25-19(28)26-32(22,29)14-10-24-27-7-2-8-31-18(14)27/h3-6,9-10H,2,7-8H2,1H3,(H3,22,25,26,28,29)/t32-/m0/s1. The zero-order valence-corrected chi connectivity index (χ0v) is 18.3. The van der Waals surface area contributed by atoms with Crippen LogP contribution < -0.4 is 19.9 Å². The molecule has 0 unspecified atom stereocenters. The lowest BCUT2D eigenvalue weighted by Gasteiger charge is -2.16. The quantitative estimate of drug-likeness (QED) is 0.587. The van der Waals surface area contributed by atoms with Crippen molar-refractivity contribution in [1.82, 2.24) is 14.8 Å². The zero-order valence-electron chi connectivity index (χ0n) is 16.7. The lowest BCUT2D eigenvalue weighted by Crippen LogP contribution is -2.21. The fraction of sp³-hybridized carbons (Fsp3) is 0.211. The van der Waals surface area contributed by atoms with Gasteiger partial charge in [-0.15, -0.1) is 4.36 Å². The molecular formula is C19H18ClFN6O4S. The van der Waals surface area contributed by atoms with Crippen LogP contribution in [0.3, 0.4) is 0 Å². The van der Waals surface area contributed by atoms with E-state index in [1.54, 1.807) is 12.1 Å². The zero-order chi connectivity index (χ0) is 22.9. The van der Waals surface area contributed by atoms with Gasteiger partial charge in [0.25, 0.3) is 0 Å². The van der Waals surface area contributed by atoms with E-state index in [9.17, 15) is 13.4 Å². The van der Waals surface area contributed by atoms with Crippen LogP contribution in [0, 0.1) is 5.82 Å². The van der Waals surface area contributed by atoms with Gasteiger partial charge in [-0.3, -0.25) is 0 Å². The summed E-state index contributed by atoms with van der Waals surface area (Å²) in [4.78, 5) is 16.7. The van der Waals surface area contributed by atoms with E-state index in [2.05, 4.69) is 19.8 Å². The van der Waals surface area contributed by atoms with Gasteiger partial charge in [-0.1, -0.05) is 11.6 Å². The number of fused-ring (bicyclic) bond motifs is 1. The second kappa shape index (κ2) is 8.73. The average molecular weight is 481 g/mol. The van der Waals surface area contributed by atoms with Gasteiger partial charge in [0, 0.05) is 30.8 Å². The molecule has 4 rings (SSSR count). The number of benzene rings is 1. The van der Waals surface area contributed by atoms with Crippen LogP contribution in [-0.2, 0) is 16.5 Å². The molecule has 0 saturated heterocycles. The molecule has 0 radical (unpaired) electrons. The minimum absolute atomic E-state index is 0.00298. The van der Waals surface area contributed by atoms with Gasteiger partial charge in [0.1, 0.15) is 15.7 Å². The molecule has 2 aromatic heterocycles. The van der Waals surface area contributed by atoms with Gasteiger partial charge in [0.2, 0.25) is 11.8 Å². The third-order valence-corrected chi connectivity index (χ3v) is 6.34. The van der Waals surface area contributed by atoms with Crippen molar-refractivity contribution >= 4 is 33.2 Å². The molecule has 168 valence electrons. The summed E-state index contributed by atoms with van der Waals surface area (Å²) in [5.74, 6) is -0.256. The van der Waals surface area contributed by atoms with Gasteiger partial charge >= 0.3 is 6.03 Å². The smallest absolute Gasteiger partial charge is 0.354 e. The predicted molar refractivity (Wildman–Crippen MR) is 116 cm³/mol. The van der Waals surface area contributed by atoms with Crippen LogP contribution >= 0.6 is 11.6 Å². The molecule has 1 atom stereocenters. The lowest BCUT2D eigenvalue weighted by atomic mass is 10.0. The molecule has 0 saturated carbocycles. The second-order valence-electron chi connectivity index (χ2n) is 6.70. The molecule has 0 aliphatic carbocycles. The Kier molecular flexibility index (Phi) is 6.00. The lowest BCUT2D eigenvalue weighted by molar-refractivity contribution is 0.224. The predicted octanol–water partition coefficient (Wildman–Crippen LogP) is 3.46. The number of halogens is 2. The van der Waals surface area contributed by atoms with Crippen LogP contribution in [0.4, 0.5) is 14.9 Å². The number of hydrogen-bond acceptors (Lipinski definition) is 6. The maximum Gasteiger partial charge on any atom is 0.354 e. The molecule has 2 amide bonds. The fourth-order valence-corrected chi connectivity index (χ4v) is 4.36. The molecular weight excluding hydrogens is 463 g/mol. The number of aryl methyl sites for hydroxylation is 1. The summed E-state index contributed by atoms with van der Waals surface area (Å²) in [6.45, 7) is 0.965. The number of hydrogen-bond donors (Lipinski definition) is 2. The fourth-order valence-electron chi connectivity index (χ4n) is 3.15. The van der Waals surface area contributed by atoms with Crippen molar-refractivity contribution in [3.63, 3.8) is 0 Å². The topological polar surface area (TPSA) is 134 Å². The molecule has 10 nitrogen and oxygen atoms in total. The van der Waals surface area contributed by atoms with Crippen molar-refractivity contribution in [1.29, 1.82) is 0 Å². The minimum atomic E-state index is -3.70. The normalized spacial score (nSPS) is 14.6. The van der Waals surface area contributed by atoms with Crippen LogP contribution in [0.25, 0.3) is 11.1 Å². The Morgan fingerprint density at radius 1 is 1.44 bits per heavy atom. The molecule has 3 heterocycles. The van der Waals surface area contributed by atoms with E-state index in [0.29, 0.717) is 30.2 Å². The third-order valence-electron chi connectivity index (χ3n) is 4.63. The summed E-state index contributed by atoms with van der Waals surface area (Å²) in [7, 11) is -2.25. The van der Waals surface area contributed by atoms with Crippen LogP contribution in [0.5, 0.6) is 11.8 Å². The van der Waals surface area contributed by atoms with Gasteiger partial charge in [0.05, 0.1) is 25.6 Å². The van der Waals surface area contributed by atoms with E-state index in [1.807, 2.05) is 0 Å². The minimum Gasteiger partial charge on any atom is -0.481 e. The number of nitrogens with one attached hydrogen (secondary N) is 1. The first kappa shape index (κ1) is 22.0. The van der Waals surface area contributed by atoms with Crippen LogP contribution in [0.1, 0.15) is 6.42 Å². The molecule has 13 heteroatoms. The number of pyridine rings is 1. The van der Waals surface area contributed by atoms with Crippen molar-refractivity contribution in [2.45, 2.75) is 17.9 Å². The van der Waals surface area contributed by atoms with Crippen LogP contribution in [-0.4, -0.2) is 38.7 Å². The van der Waals surface area contributed by atoms with Crippen molar-refractivity contribution in [3.05, 3.63) is 47.5 Å². The van der Waals surface area contributed by atoms with E-state index in [0.717, 1.165) is 12.5 Å². The van der Waals surface area contributed by atoms with Gasteiger partial charge in [-0.25, -0.2) is 28.2 Å². The summed E-state index contributed by atoms with van der Waals surface area (Å²) >= 11 is 6.12. The molecule has 0 spiro atoms.